The normalized spacial score (nSPS) is 24.2. The average molecular weight is 273 g/mol. The van der Waals surface area contributed by atoms with Gasteiger partial charge in [-0.3, -0.25) is 4.99 Å². The number of nitrogens with zero attached hydrogens (tertiary/aromatic N) is 1. The molecular weight excluding hydrogens is 250 g/mol. The van der Waals surface area contributed by atoms with Gasteiger partial charge in [0.2, 0.25) is 0 Å². The van der Waals surface area contributed by atoms with Crippen LogP contribution in [-0.2, 0) is 9.84 Å². The molecule has 2 aliphatic rings. The molecule has 2 aliphatic carbocycles. The molecule has 0 aromatic carbocycles. The van der Waals surface area contributed by atoms with Gasteiger partial charge in [0.15, 0.2) is 15.8 Å². The van der Waals surface area contributed by atoms with Crippen molar-refractivity contribution in [2.24, 2.45) is 16.6 Å². The van der Waals surface area contributed by atoms with Crippen LogP contribution in [0.25, 0.3) is 0 Å². The maximum atomic E-state index is 11.7. The monoisotopic (exact) mass is 273 g/mol. The standard InChI is InChI=1S/C12H23N3O2S/c1-18(16,17)12(6-3-7-12)9-15-11(13)14-8-10-4-2-5-10/h10H,2-9H2,1H3,(H3,13,14,15). The Labute approximate surface area is 109 Å². The fraction of sp³-hybridized carbons (Fsp3) is 0.917. The zero-order chi connectivity index (χ0) is 13.2. The van der Waals surface area contributed by atoms with Gasteiger partial charge in [0.05, 0.1) is 11.3 Å². The first-order valence-electron chi connectivity index (χ1n) is 6.66. The summed E-state index contributed by atoms with van der Waals surface area (Å²) in [5.41, 5.74) is 5.77. The summed E-state index contributed by atoms with van der Waals surface area (Å²) in [5, 5.41) is 3.09. The number of hydrogen-bond acceptors (Lipinski definition) is 3. The smallest absolute Gasteiger partial charge is 0.188 e. The van der Waals surface area contributed by atoms with Crippen molar-refractivity contribution in [3.05, 3.63) is 0 Å². The lowest BCUT2D eigenvalue weighted by Gasteiger charge is -2.38. The summed E-state index contributed by atoms with van der Waals surface area (Å²) < 4.78 is 22.8. The fourth-order valence-electron chi connectivity index (χ4n) is 2.45. The van der Waals surface area contributed by atoms with Crippen LogP contribution in [0.4, 0.5) is 0 Å². The molecule has 6 heteroatoms. The largest absolute Gasteiger partial charge is 0.370 e. The number of aliphatic imine (C=N–C) groups is 1. The lowest BCUT2D eigenvalue weighted by molar-refractivity contribution is 0.314. The van der Waals surface area contributed by atoms with E-state index >= 15 is 0 Å². The van der Waals surface area contributed by atoms with Crippen molar-refractivity contribution >= 4 is 15.8 Å². The van der Waals surface area contributed by atoms with Gasteiger partial charge in [0, 0.05) is 12.8 Å². The maximum Gasteiger partial charge on any atom is 0.188 e. The molecule has 2 rings (SSSR count). The zero-order valence-electron chi connectivity index (χ0n) is 11.0. The first kappa shape index (κ1) is 13.6. The molecule has 0 atom stereocenters. The second-order valence-electron chi connectivity index (χ2n) is 5.69. The molecule has 0 radical (unpaired) electrons. The van der Waals surface area contributed by atoms with E-state index in [1.165, 1.54) is 25.5 Å². The molecule has 3 N–H and O–H groups in total. The van der Waals surface area contributed by atoms with E-state index in [0.29, 0.717) is 31.3 Å². The van der Waals surface area contributed by atoms with Crippen LogP contribution in [0.5, 0.6) is 0 Å². The van der Waals surface area contributed by atoms with Crippen molar-refractivity contribution in [3.8, 4) is 0 Å². The lowest BCUT2D eigenvalue weighted by atomic mass is 9.84. The van der Waals surface area contributed by atoms with Crippen LogP contribution >= 0.6 is 0 Å². The molecule has 0 aromatic heterocycles. The van der Waals surface area contributed by atoms with Crippen LogP contribution in [0.1, 0.15) is 38.5 Å². The number of nitrogens with one attached hydrogen (secondary N) is 1. The summed E-state index contributed by atoms with van der Waals surface area (Å²) in [6, 6.07) is 0. The molecule has 0 unspecified atom stereocenters. The summed E-state index contributed by atoms with van der Waals surface area (Å²) >= 11 is 0. The van der Waals surface area contributed by atoms with Gasteiger partial charge in [-0.25, -0.2) is 8.42 Å². The molecule has 104 valence electrons. The first-order chi connectivity index (χ1) is 8.43. The Morgan fingerprint density at radius 1 is 1.39 bits per heavy atom. The van der Waals surface area contributed by atoms with Gasteiger partial charge in [0.25, 0.3) is 0 Å². The Balaban J connectivity index is 1.84. The van der Waals surface area contributed by atoms with Crippen LogP contribution in [-0.4, -0.2) is 38.5 Å². The SMILES string of the molecule is CS(=O)(=O)C1(CN=C(N)NCC2CCC2)CCC1. The number of sulfone groups is 1. The zero-order valence-corrected chi connectivity index (χ0v) is 11.8. The summed E-state index contributed by atoms with van der Waals surface area (Å²) in [5.74, 6) is 1.10. The van der Waals surface area contributed by atoms with Crippen LogP contribution in [0, 0.1) is 5.92 Å². The molecule has 2 fully saturated rings. The van der Waals surface area contributed by atoms with Crippen molar-refractivity contribution in [1.29, 1.82) is 0 Å². The Kier molecular flexibility index (Phi) is 3.84. The summed E-state index contributed by atoms with van der Waals surface area (Å²) in [6.45, 7) is 1.16. The summed E-state index contributed by atoms with van der Waals surface area (Å²) in [7, 11) is -3.04. The number of guanidine groups is 1. The molecule has 0 aliphatic heterocycles. The van der Waals surface area contributed by atoms with E-state index in [1.807, 2.05) is 0 Å². The minimum absolute atomic E-state index is 0.301. The molecular formula is C12H23N3O2S. The van der Waals surface area contributed by atoms with Crippen molar-refractivity contribution < 1.29 is 8.42 Å². The minimum atomic E-state index is -3.04. The van der Waals surface area contributed by atoms with E-state index < -0.39 is 14.6 Å². The maximum absolute atomic E-state index is 11.7. The molecule has 5 nitrogen and oxygen atoms in total. The molecule has 2 saturated carbocycles. The van der Waals surface area contributed by atoms with E-state index in [-0.39, 0.29) is 0 Å². The molecule has 0 bridgehead atoms. The van der Waals surface area contributed by atoms with E-state index in [2.05, 4.69) is 10.3 Å². The van der Waals surface area contributed by atoms with Crippen LogP contribution in [0.3, 0.4) is 0 Å². The highest BCUT2D eigenvalue weighted by Gasteiger charge is 2.46. The Bertz CT molecular complexity index is 423. The average Bonchev–Trinajstić information content (AvgIpc) is 2.10. The second kappa shape index (κ2) is 5.07. The van der Waals surface area contributed by atoms with Gasteiger partial charge in [-0.1, -0.05) is 12.8 Å². The van der Waals surface area contributed by atoms with Crippen LogP contribution in [0.15, 0.2) is 4.99 Å². The number of nitrogens with two attached hydrogens (primary N) is 1. The predicted molar refractivity (Wildman–Crippen MR) is 73.3 cm³/mol. The quantitative estimate of drug-likeness (QED) is 0.569. The van der Waals surface area contributed by atoms with E-state index in [4.69, 9.17) is 5.73 Å². The third-order valence-electron chi connectivity index (χ3n) is 4.39. The van der Waals surface area contributed by atoms with Gasteiger partial charge in [-0.05, 0) is 31.6 Å². The lowest BCUT2D eigenvalue weighted by Crippen LogP contribution is -2.48. The van der Waals surface area contributed by atoms with E-state index in [9.17, 15) is 8.42 Å². The Morgan fingerprint density at radius 2 is 2.06 bits per heavy atom. The molecule has 0 spiro atoms. The minimum Gasteiger partial charge on any atom is -0.370 e. The topological polar surface area (TPSA) is 84.5 Å². The second-order valence-corrected chi connectivity index (χ2v) is 8.10. The van der Waals surface area contributed by atoms with Crippen LogP contribution < -0.4 is 11.1 Å². The van der Waals surface area contributed by atoms with Crippen molar-refractivity contribution in [1.82, 2.24) is 5.32 Å². The summed E-state index contributed by atoms with van der Waals surface area (Å²) in [4.78, 5) is 4.22. The van der Waals surface area contributed by atoms with E-state index in [0.717, 1.165) is 13.0 Å². The van der Waals surface area contributed by atoms with Gasteiger partial charge in [0.1, 0.15) is 0 Å². The molecule has 0 saturated heterocycles. The third-order valence-corrected chi connectivity index (χ3v) is 6.50. The third kappa shape index (κ3) is 2.79. The molecule has 18 heavy (non-hydrogen) atoms. The predicted octanol–water partition coefficient (Wildman–Crippen LogP) is 0.658. The Morgan fingerprint density at radius 3 is 2.44 bits per heavy atom. The highest BCUT2D eigenvalue weighted by atomic mass is 32.2. The fourth-order valence-corrected chi connectivity index (χ4v) is 3.78. The highest BCUT2D eigenvalue weighted by molar-refractivity contribution is 7.92. The number of rotatable bonds is 5. The van der Waals surface area contributed by atoms with E-state index in [1.54, 1.807) is 0 Å². The van der Waals surface area contributed by atoms with Gasteiger partial charge < -0.3 is 11.1 Å². The molecule has 0 aromatic rings. The van der Waals surface area contributed by atoms with Crippen molar-refractivity contribution in [2.75, 3.05) is 19.3 Å². The molecule has 0 amide bonds. The van der Waals surface area contributed by atoms with Crippen molar-refractivity contribution in [3.63, 3.8) is 0 Å². The van der Waals surface area contributed by atoms with Gasteiger partial charge in [-0.2, -0.15) is 0 Å². The molecule has 0 heterocycles. The van der Waals surface area contributed by atoms with Crippen LogP contribution in [0.2, 0.25) is 0 Å². The Hall–Kier alpha value is -0.780. The summed E-state index contributed by atoms with van der Waals surface area (Å²) in [6.07, 6.45) is 7.52. The van der Waals surface area contributed by atoms with Crippen molar-refractivity contribution in [2.45, 2.75) is 43.3 Å². The first-order valence-corrected chi connectivity index (χ1v) is 8.55. The number of hydrogen-bond donors (Lipinski definition) is 2. The van der Waals surface area contributed by atoms with Gasteiger partial charge in [-0.15, -0.1) is 0 Å². The van der Waals surface area contributed by atoms with Gasteiger partial charge >= 0.3 is 0 Å². The highest BCUT2D eigenvalue weighted by Crippen LogP contribution is 2.39.